The molecule has 1 aromatic heterocycles. The highest BCUT2D eigenvalue weighted by Crippen LogP contribution is 2.23. The summed E-state index contributed by atoms with van der Waals surface area (Å²) in [5.41, 5.74) is 3.60. The second kappa shape index (κ2) is 5.48. The average molecular weight is 262 g/mol. The topological polar surface area (TPSA) is 42.5 Å². The summed E-state index contributed by atoms with van der Waals surface area (Å²) >= 11 is 0. The summed E-state index contributed by atoms with van der Waals surface area (Å²) in [6.45, 7) is 1.99. The smallest absolute Gasteiger partial charge is 0.127 e. The molecule has 0 amide bonds. The minimum absolute atomic E-state index is 0.776. The zero-order valence-corrected chi connectivity index (χ0v) is 11.1. The molecule has 0 spiro atoms. The Hall–Kier alpha value is -2.75. The van der Waals surface area contributed by atoms with E-state index >= 15 is 0 Å². The number of rotatable bonds is 3. The molecule has 0 saturated heterocycles. The zero-order valence-electron chi connectivity index (χ0n) is 11.1. The minimum atomic E-state index is 0.776. The molecule has 1 heterocycles. The van der Waals surface area contributed by atoms with E-state index in [-0.39, 0.29) is 0 Å². The van der Waals surface area contributed by atoms with Crippen LogP contribution in [0.3, 0.4) is 0 Å². The third-order valence-electron chi connectivity index (χ3n) is 3.01. The van der Waals surface area contributed by atoms with Gasteiger partial charge in [0.15, 0.2) is 0 Å². The fourth-order valence-electron chi connectivity index (χ4n) is 1.93. The van der Waals surface area contributed by atoms with Crippen LogP contribution in [0.25, 0.3) is 5.69 Å². The number of para-hydroxylation sites is 1. The van der Waals surface area contributed by atoms with E-state index in [0.29, 0.717) is 0 Å². The number of azo groups is 1. The van der Waals surface area contributed by atoms with Crippen LogP contribution in [0.2, 0.25) is 0 Å². The Morgan fingerprint density at radius 2 is 1.50 bits per heavy atom. The minimum Gasteiger partial charge on any atom is -0.236 e. The van der Waals surface area contributed by atoms with Crippen molar-refractivity contribution in [2.24, 2.45) is 10.2 Å². The molecule has 0 unspecified atom stereocenters. The summed E-state index contributed by atoms with van der Waals surface area (Å²) in [7, 11) is 0. The molecular formula is C16H14N4. The van der Waals surface area contributed by atoms with Crippen molar-refractivity contribution in [2.45, 2.75) is 6.92 Å². The first kappa shape index (κ1) is 12.3. The van der Waals surface area contributed by atoms with Crippen LogP contribution < -0.4 is 0 Å². The Kier molecular flexibility index (Phi) is 3.37. The zero-order chi connectivity index (χ0) is 13.8. The molecular weight excluding hydrogens is 248 g/mol. The molecule has 0 aliphatic rings. The van der Waals surface area contributed by atoms with Crippen molar-refractivity contribution in [2.75, 3.05) is 0 Å². The summed E-state index contributed by atoms with van der Waals surface area (Å²) in [4.78, 5) is 0. The van der Waals surface area contributed by atoms with Gasteiger partial charge in [-0.2, -0.15) is 10.2 Å². The first-order valence-electron chi connectivity index (χ1n) is 6.41. The first-order chi connectivity index (χ1) is 9.84. The van der Waals surface area contributed by atoms with Crippen LogP contribution in [0.1, 0.15) is 5.69 Å². The van der Waals surface area contributed by atoms with E-state index in [0.717, 1.165) is 22.8 Å². The summed E-state index contributed by atoms with van der Waals surface area (Å²) in [6.07, 6.45) is 1.73. The number of hydrogen-bond acceptors (Lipinski definition) is 3. The van der Waals surface area contributed by atoms with Crippen LogP contribution in [0.4, 0.5) is 11.4 Å². The molecule has 0 aliphatic heterocycles. The highest BCUT2D eigenvalue weighted by Gasteiger charge is 2.06. The molecule has 0 aliphatic carbocycles. The Bertz CT molecular complexity index is 715. The molecule has 0 bridgehead atoms. The lowest BCUT2D eigenvalue weighted by Gasteiger charge is -2.03. The van der Waals surface area contributed by atoms with Gasteiger partial charge in [0, 0.05) is 0 Å². The summed E-state index contributed by atoms with van der Waals surface area (Å²) in [5, 5.41) is 12.8. The van der Waals surface area contributed by atoms with E-state index < -0.39 is 0 Å². The third-order valence-corrected chi connectivity index (χ3v) is 3.01. The highest BCUT2D eigenvalue weighted by molar-refractivity contribution is 5.45. The van der Waals surface area contributed by atoms with Crippen LogP contribution in [0.5, 0.6) is 0 Å². The molecule has 3 rings (SSSR count). The fraction of sp³-hybridized carbons (Fsp3) is 0.0625. The molecule has 0 N–H and O–H groups in total. The van der Waals surface area contributed by atoms with Crippen molar-refractivity contribution >= 4 is 11.4 Å². The van der Waals surface area contributed by atoms with Gasteiger partial charge in [-0.1, -0.05) is 36.4 Å². The second-order valence-electron chi connectivity index (χ2n) is 4.40. The number of hydrogen-bond donors (Lipinski definition) is 0. The van der Waals surface area contributed by atoms with Gasteiger partial charge in [-0.05, 0) is 31.2 Å². The Balaban J connectivity index is 1.90. The van der Waals surface area contributed by atoms with E-state index in [1.165, 1.54) is 0 Å². The molecule has 4 heteroatoms. The van der Waals surface area contributed by atoms with Gasteiger partial charge < -0.3 is 0 Å². The van der Waals surface area contributed by atoms with Gasteiger partial charge in [-0.25, -0.2) is 4.68 Å². The maximum absolute atomic E-state index is 4.36. The third kappa shape index (κ3) is 2.49. The van der Waals surface area contributed by atoms with Gasteiger partial charge in [-0.15, -0.1) is 5.11 Å². The fourth-order valence-corrected chi connectivity index (χ4v) is 1.93. The normalized spacial score (nSPS) is 11.1. The predicted octanol–water partition coefficient (Wildman–Crippen LogP) is 4.60. The molecule has 98 valence electrons. The monoisotopic (exact) mass is 262 g/mol. The molecule has 20 heavy (non-hydrogen) atoms. The Morgan fingerprint density at radius 1 is 0.850 bits per heavy atom. The largest absolute Gasteiger partial charge is 0.236 e. The predicted molar refractivity (Wildman–Crippen MR) is 78.9 cm³/mol. The van der Waals surface area contributed by atoms with Crippen LogP contribution >= 0.6 is 0 Å². The van der Waals surface area contributed by atoms with Crippen molar-refractivity contribution < 1.29 is 0 Å². The summed E-state index contributed by atoms with van der Waals surface area (Å²) in [6, 6.07) is 19.7. The maximum atomic E-state index is 4.36. The first-order valence-corrected chi connectivity index (χ1v) is 6.41. The van der Waals surface area contributed by atoms with Crippen LogP contribution in [-0.2, 0) is 0 Å². The summed E-state index contributed by atoms with van der Waals surface area (Å²) < 4.78 is 1.86. The Morgan fingerprint density at radius 3 is 2.20 bits per heavy atom. The lowest BCUT2D eigenvalue weighted by Crippen LogP contribution is -1.97. The highest BCUT2D eigenvalue weighted by atomic mass is 15.3. The van der Waals surface area contributed by atoms with Crippen molar-refractivity contribution in [1.82, 2.24) is 9.78 Å². The lowest BCUT2D eigenvalue weighted by atomic mass is 10.3. The van der Waals surface area contributed by atoms with Crippen LogP contribution in [0, 0.1) is 6.92 Å². The number of aromatic nitrogens is 2. The van der Waals surface area contributed by atoms with Gasteiger partial charge >= 0.3 is 0 Å². The van der Waals surface area contributed by atoms with Gasteiger partial charge in [0.2, 0.25) is 0 Å². The van der Waals surface area contributed by atoms with E-state index in [1.807, 2.05) is 72.3 Å². The quantitative estimate of drug-likeness (QED) is 0.636. The lowest BCUT2D eigenvalue weighted by molar-refractivity contribution is 0.847. The van der Waals surface area contributed by atoms with Crippen LogP contribution in [-0.4, -0.2) is 9.78 Å². The van der Waals surface area contributed by atoms with Gasteiger partial charge in [0.1, 0.15) is 5.69 Å². The number of benzene rings is 2. The molecule has 2 aromatic carbocycles. The number of nitrogens with zero attached hydrogens (tertiary/aromatic N) is 4. The van der Waals surface area contributed by atoms with Crippen LogP contribution in [0.15, 0.2) is 77.1 Å². The molecule has 3 aromatic rings. The standard InChI is InChI=1S/C16H14N4/c1-13-16(19-18-14-8-4-2-5-9-14)12-17-20(13)15-10-6-3-7-11-15/h2-12H,1H3. The van der Waals surface area contributed by atoms with Crippen molar-refractivity contribution in [1.29, 1.82) is 0 Å². The average Bonchev–Trinajstić information content (AvgIpc) is 2.88. The second-order valence-corrected chi connectivity index (χ2v) is 4.40. The van der Waals surface area contributed by atoms with Crippen molar-refractivity contribution in [3.63, 3.8) is 0 Å². The molecule has 0 atom stereocenters. The van der Waals surface area contributed by atoms with E-state index in [1.54, 1.807) is 6.20 Å². The van der Waals surface area contributed by atoms with E-state index in [4.69, 9.17) is 0 Å². The molecule has 0 radical (unpaired) electrons. The van der Waals surface area contributed by atoms with Gasteiger partial charge in [-0.3, -0.25) is 0 Å². The maximum Gasteiger partial charge on any atom is 0.127 e. The van der Waals surface area contributed by atoms with E-state index in [9.17, 15) is 0 Å². The van der Waals surface area contributed by atoms with Crippen molar-refractivity contribution in [3.8, 4) is 5.69 Å². The van der Waals surface area contributed by atoms with Gasteiger partial charge in [0.25, 0.3) is 0 Å². The SMILES string of the molecule is Cc1c(N=Nc2ccccc2)cnn1-c1ccccc1. The van der Waals surface area contributed by atoms with Gasteiger partial charge in [0.05, 0.1) is 23.3 Å². The Labute approximate surface area is 117 Å². The van der Waals surface area contributed by atoms with Crippen molar-refractivity contribution in [3.05, 3.63) is 72.6 Å². The summed E-state index contributed by atoms with van der Waals surface area (Å²) in [5.74, 6) is 0. The molecule has 0 fully saturated rings. The van der Waals surface area contributed by atoms with E-state index in [2.05, 4.69) is 15.3 Å². The molecule has 4 nitrogen and oxygen atoms in total. The molecule has 0 saturated carbocycles.